The summed E-state index contributed by atoms with van der Waals surface area (Å²) in [6.45, 7) is 8.67. The van der Waals surface area contributed by atoms with Crippen LogP contribution in [0.4, 0.5) is 0 Å². The van der Waals surface area contributed by atoms with Gasteiger partial charge >= 0.3 is 0 Å². The molecule has 0 bridgehead atoms. The molecular weight excluding hydrogens is 148 g/mol. The molecule has 1 unspecified atom stereocenters. The minimum absolute atomic E-state index is 0.385. The van der Waals surface area contributed by atoms with Crippen LogP contribution in [0.2, 0.25) is 0 Å². The highest BCUT2D eigenvalue weighted by Gasteiger charge is 2.19. The molecule has 1 atom stereocenters. The van der Waals surface area contributed by atoms with Gasteiger partial charge in [-0.25, -0.2) is 0 Å². The highest BCUT2D eigenvalue weighted by Crippen LogP contribution is 2.17. The number of piperidine rings is 1. The van der Waals surface area contributed by atoms with Crippen molar-refractivity contribution in [3.63, 3.8) is 0 Å². The second-order valence-corrected chi connectivity index (χ2v) is 4.23. The van der Waals surface area contributed by atoms with E-state index in [9.17, 15) is 0 Å². The lowest BCUT2D eigenvalue weighted by Crippen LogP contribution is -2.40. The Bertz CT molecular complexity index is 163. The van der Waals surface area contributed by atoms with Gasteiger partial charge in [-0.15, -0.1) is 0 Å². The van der Waals surface area contributed by atoms with Crippen LogP contribution in [-0.2, 0) is 0 Å². The van der Waals surface area contributed by atoms with E-state index in [-0.39, 0.29) is 0 Å². The van der Waals surface area contributed by atoms with Gasteiger partial charge in [0.15, 0.2) is 0 Å². The molecule has 1 heterocycles. The SMILES string of the molecule is CC1CCCN(C(=N)C(C)C)C1. The lowest BCUT2D eigenvalue weighted by Gasteiger charge is -2.34. The van der Waals surface area contributed by atoms with Crippen molar-refractivity contribution in [2.24, 2.45) is 11.8 Å². The summed E-state index contributed by atoms with van der Waals surface area (Å²) in [6, 6.07) is 0. The molecule has 1 aliphatic rings. The van der Waals surface area contributed by atoms with E-state index in [1.165, 1.54) is 12.8 Å². The Morgan fingerprint density at radius 3 is 2.67 bits per heavy atom. The zero-order valence-electron chi connectivity index (χ0n) is 8.43. The molecule has 0 spiro atoms. The summed E-state index contributed by atoms with van der Waals surface area (Å²) in [5.41, 5.74) is 0. The normalized spacial score (nSPS) is 24.7. The lowest BCUT2D eigenvalue weighted by molar-refractivity contribution is 0.263. The molecule has 0 saturated carbocycles. The Balaban J connectivity index is 2.46. The van der Waals surface area contributed by atoms with Gasteiger partial charge in [-0.2, -0.15) is 0 Å². The maximum absolute atomic E-state index is 7.85. The molecule has 12 heavy (non-hydrogen) atoms. The lowest BCUT2D eigenvalue weighted by atomic mass is 9.99. The second-order valence-electron chi connectivity index (χ2n) is 4.23. The molecule has 1 aliphatic heterocycles. The van der Waals surface area contributed by atoms with Crippen LogP contribution in [0.5, 0.6) is 0 Å². The molecule has 1 saturated heterocycles. The molecule has 0 aromatic heterocycles. The van der Waals surface area contributed by atoms with E-state index in [4.69, 9.17) is 5.41 Å². The first-order valence-electron chi connectivity index (χ1n) is 4.94. The number of amidine groups is 1. The van der Waals surface area contributed by atoms with E-state index in [1.807, 2.05) is 0 Å². The fraction of sp³-hybridized carbons (Fsp3) is 0.900. The summed E-state index contributed by atoms with van der Waals surface area (Å²) < 4.78 is 0. The largest absolute Gasteiger partial charge is 0.360 e. The van der Waals surface area contributed by atoms with Crippen molar-refractivity contribution >= 4 is 5.84 Å². The van der Waals surface area contributed by atoms with Crippen LogP contribution in [0.1, 0.15) is 33.6 Å². The Kier molecular flexibility index (Phi) is 3.12. The predicted molar refractivity (Wildman–Crippen MR) is 52.5 cm³/mol. The molecule has 2 nitrogen and oxygen atoms in total. The van der Waals surface area contributed by atoms with Gasteiger partial charge in [0.05, 0.1) is 5.84 Å². The molecule has 70 valence electrons. The monoisotopic (exact) mass is 168 g/mol. The molecule has 0 radical (unpaired) electrons. The molecule has 1 N–H and O–H groups in total. The van der Waals surface area contributed by atoms with E-state index in [1.54, 1.807) is 0 Å². The molecule has 2 heteroatoms. The van der Waals surface area contributed by atoms with E-state index >= 15 is 0 Å². The van der Waals surface area contributed by atoms with Crippen molar-refractivity contribution in [1.82, 2.24) is 4.90 Å². The minimum Gasteiger partial charge on any atom is -0.360 e. The summed E-state index contributed by atoms with van der Waals surface area (Å²) >= 11 is 0. The topological polar surface area (TPSA) is 27.1 Å². The zero-order chi connectivity index (χ0) is 9.14. The van der Waals surface area contributed by atoms with Crippen molar-refractivity contribution in [2.45, 2.75) is 33.6 Å². The molecule has 0 amide bonds. The first-order valence-corrected chi connectivity index (χ1v) is 4.94. The number of nitrogens with zero attached hydrogens (tertiary/aromatic N) is 1. The van der Waals surface area contributed by atoms with E-state index in [2.05, 4.69) is 25.7 Å². The van der Waals surface area contributed by atoms with Gasteiger partial charge in [-0.05, 0) is 18.8 Å². The molecule has 0 aliphatic carbocycles. The van der Waals surface area contributed by atoms with Crippen LogP contribution >= 0.6 is 0 Å². The number of likely N-dealkylation sites (tertiary alicyclic amines) is 1. The third-order valence-electron chi connectivity index (χ3n) is 2.54. The fourth-order valence-electron chi connectivity index (χ4n) is 1.77. The highest BCUT2D eigenvalue weighted by molar-refractivity contribution is 5.81. The van der Waals surface area contributed by atoms with Gasteiger partial charge in [-0.3, -0.25) is 5.41 Å². The zero-order valence-corrected chi connectivity index (χ0v) is 8.43. The molecule has 0 aromatic carbocycles. The Hall–Kier alpha value is -0.530. The second kappa shape index (κ2) is 3.92. The quantitative estimate of drug-likeness (QED) is 0.472. The number of hydrogen-bond acceptors (Lipinski definition) is 1. The molecule has 0 aromatic rings. The van der Waals surface area contributed by atoms with Crippen LogP contribution < -0.4 is 0 Å². The molecule has 1 fully saturated rings. The summed E-state index contributed by atoms with van der Waals surface area (Å²) in [6.07, 6.45) is 2.60. The van der Waals surface area contributed by atoms with Gasteiger partial charge in [0.2, 0.25) is 0 Å². The van der Waals surface area contributed by atoms with Crippen LogP contribution in [0.3, 0.4) is 0 Å². The maximum Gasteiger partial charge on any atom is 0.0983 e. The van der Waals surface area contributed by atoms with Gasteiger partial charge < -0.3 is 4.90 Å². The minimum atomic E-state index is 0.385. The molecule has 1 rings (SSSR count). The van der Waals surface area contributed by atoms with Gasteiger partial charge in [0.25, 0.3) is 0 Å². The fourth-order valence-corrected chi connectivity index (χ4v) is 1.77. The summed E-state index contributed by atoms with van der Waals surface area (Å²) in [4.78, 5) is 2.23. The van der Waals surface area contributed by atoms with Crippen molar-refractivity contribution in [1.29, 1.82) is 5.41 Å². The number of rotatable bonds is 1. The van der Waals surface area contributed by atoms with E-state index in [0.29, 0.717) is 5.92 Å². The predicted octanol–water partition coefficient (Wildman–Crippen LogP) is 2.35. The summed E-state index contributed by atoms with van der Waals surface area (Å²) in [5.74, 6) is 1.98. The van der Waals surface area contributed by atoms with E-state index in [0.717, 1.165) is 24.8 Å². The van der Waals surface area contributed by atoms with Crippen LogP contribution in [0.15, 0.2) is 0 Å². The average molecular weight is 168 g/mol. The van der Waals surface area contributed by atoms with Crippen molar-refractivity contribution in [3.05, 3.63) is 0 Å². The Labute approximate surface area is 75.5 Å². The van der Waals surface area contributed by atoms with Crippen LogP contribution in [0.25, 0.3) is 0 Å². The van der Waals surface area contributed by atoms with E-state index < -0.39 is 0 Å². The standard InChI is InChI=1S/C10H20N2/c1-8(2)10(11)12-6-4-5-9(3)7-12/h8-9,11H,4-7H2,1-3H3. The first kappa shape index (κ1) is 9.56. The number of nitrogens with one attached hydrogen (secondary N) is 1. The number of hydrogen-bond donors (Lipinski definition) is 1. The van der Waals surface area contributed by atoms with Gasteiger partial charge in [-0.1, -0.05) is 20.8 Å². The van der Waals surface area contributed by atoms with Crippen molar-refractivity contribution in [2.75, 3.05) is 13.1 Å². The smallest absolute Gasteiger partial charge is 0.0983 e. The van der Waals surface area contributed by atoms with Gasteiger partial charge in [0, 0.05) is 19.0 Å². The average Bonchev–Trinajstić information content (AvgIpc) is 2.03. The van der Waals surface area contributed by atoms with Crippen LogP contribution in [0, 0.1) is 17.2 Å². The Morgan fingerprint density at radius 1 is 1.50 bits per heavy atom. The Morgan fingerprint density at radius 2 is 2.17 bits per heavy atom. The molecular formula is C10H20N2. The third kappa shape index (κ3) is 2.23. The van der Waals surface area contributed by atoms with Crippen molar-refractivity contribution < 1.29 is 0 Å². The summed E-state index contributed by atoms with van der Waals surface area (Å²) in [5, 5.41) is 7.85. The van der Waals surface area contributed by atoms with Crippen molar-refractivity contribution in [3.8, 4) is 0 Å². The first-order chi connectivity index (χ1) is 5.61. The van der Waals surface area contributed by atoms with Gasteiger partial charge in [0.1, 0.15) is 0 Å². The highest BCUT2D eigenvalue weighted by atomic mass is 15.2. The third-order valence-corrected chi connectivity index (χ3v) is 2.54. The van der Waals surface area contributed by atoms with Crippen LogP contribution in [-0.4, -0.2) is 23.8 Å². The summed E-state index contributed by atoms with van der Waals surface area (Å²) in [7, 11) is 0. The maximum atomic E-state index is 7.85.